The Morgan fingerprint density at radius 3 is 2.67 bits per heavy atom. The molecule has 15 heavy (non-hydrogen) atoms. The minimum absolute atomic E-state index is 0.227. The van der Waals surface area contributed by atoms with Crippen LogP contribution in [0.1, 0.15) is 19.3 Å². The van der Waals surface area contributed by atoms with E-state index in [4.69, 9.17) is 10.00 Å². The molecule has 78 valence electrons. The third-order valence-electron chi connectivity index (χ3n) is 2.89. The van der Waals surface area contributed by atoms with Crippen LogP contribution in [-0.4, -0.2) is 6.61 Å². The van der Waals surface area contributed by atoms with E-state index in [1.54, 1.807) is 0 Å². The van der Waals surface area contributed by atoms with Gasteiger partial charge in [0.1, 0.15) is 12.4 Å². The van der Waals surface area contributed by atoms with E-state index in [2.05, 4.69) is 22.0 Å². The van der Waals surface area contributed by atoms with Crippen LogP contribution in [0, 0.1) is 16.7 Å². The lowest BCUT2D eigenvalue weighted by molar-refractivity contribution is 0.114. The molecule has 3 heteroatoms. The molecular formula is C12H12BrNO. The Hall–Kier alpha value is -1.01. The molecule has 0 spiro atoms. The highest BCUT2D eigenvalue weighted by molar-refractivity contribution is 9.10. The normalized spacial score (nSPS) is 17.6. The van der Waals surface area contributed by atoms with Gasteiger partial charge < -0.3 is 4.74 Å². The summed E-state index contributed by atoms with van der Waals surface area (Å²) in [5, 5.41) is 9.04. The van der Waals surface area contributed by atoms with E-state index >= 15 is 0 Å². The van der Waals surface area contributed by atoms with Crippen LogP contribution in [0.15, 0.2) is 28.7 Å². The van der Waals surface area contributed by atoms with Crippen molar-refractivity contribution in [2.45, 2.75) is 19.3 Å². The number of hydrogen-bond acceptors (Lipinski definition) is 2. The largest absolute Gasteiger partial charge is 0.491 e. The highest BCUT2D eigenvalue weighted by Crippen LogP contribution is 2.41. The fourth-order valence-electron chi connectivity index (χ4n) is 1.67. The Balaban J connectivity index is 1.99. The molecule has 1 fully saturated rings. The lowest BCUT2D eigenvalue weighted by Gasteiger charge is -2.34. The standard InChI is InChI=1S/C12H12BrNO/c13-10-4-1-2-5-11(10)15-9-12(8-14)6-3-7-12/h1-2,4-5H,3,6-7,9H2. The molecule has 1 aliphatic carbocycles. The van der Waals surface area contributed by atoms with Crippen molar-refractivity contribution in [1.29, 1.82) is 5.26 Å². The number of rotatable bonds is 3. The Kier molecular flexibility index (Phi) is 2.97. The Morgan fingerprint density at radius 2 is 2.13 bits per heavy atom. The summed E-state index contributed by atoms with van der Waals surface area (Å²) in [6.45, 7) is 0.506. The zero-order valence-corrected chi connectivity index (χ0v) is 9.96. The second-order valence-electron chi connectivity index (χ2n) is 3.96. The zero-order valence-electron chi connectivity index (χ0n) is 8.37. The van der Waals surface area contributed by atoms with Gasteiger partial charge in [-0.1, -0.05) is 18.6 Å². The van der Waals surface area contributed by atoms with Crippen molar-refractivity contribution in [3.63, 3.8) is 0 Å². The van der Waals surface area contributed by atoms with Gasteiger partial charge in [-0.25, -0.2) is 0 Å². The van der Waals surface area contributed by atoms with E-state index in [0.29, 0.717) is 6.61 Å². The van der Waals surface area contributed by atoms with Crippen molar-refractivity contribution in [2.24, 2.45) is 5.41 Å². The Morgan fingerprint density at radius 1 is 1.40 bits per heavy atom. The summed E-state index contributed by atoms with van der Waals surface area (Å²) in [6, 6.07) is 10.1. The van der Waals surface area contributed by atoms with Gasteiger partial charge in [-0.3, -0.25) is 0 Å². The van der Waals surface area contributed by atoms with Crippen molar-refractivity contribution in [3.05, 3.63) is 28.7 Å². The van der Waals surface area contributed by atoms with Gasteiger partial charge in [0.2, 0.25) is 0 Å². The van der Waals surface area contributed by atoms with Crippen molar-refractivity contribution < 1.29 is 4.74 Å². The molecule has 0 aromatic heterocycles. The molecular weight excluding hydrogens is 254 g/mol. The number of nitrogens with zero attached hydrogens (tertiary/aromatic N) is 1. The fourth-order valence-corrected chi connectivity index (χ4v) is 2.07. The van der Waals surface area contributed by atoms with Crippen LogP contribution in [0.25, 0.3) is 0 Å². The minimum Gasteiger partial charge on any atom is -0.491 e. The third-order valence-corrected chi connectivity index (χ3v) is 3.54. The van der Waals surface area contributed by atoms with Gasteiger partial charge in [-0.2, -0.15) is 5.26 Å². The van der Waals surface area contributed by atoms with Gasteiger partial charge in [0.15, 0.2) is 0 Å². The number of nitriles is 1. The summed E-state index contributed by atoms with van der Waals surface area (Å²) < 4.78 is 6.61. The van der Waals surface area contributed by atoms with Crippen LogP contribution < -0.4 is 4.74 Å². The average Bonchev–Trinajstić information content (AvgIpc) is 2.19. The maximum absolute atomic E-state index is 9.04. The monoisotopic (exact) mass is 265 g/mol. The zero-order chi connectivity index (χ0) is 10.7. The lowest BCUT2D eigenvalue weighted by atomic mass is 9.71. The third kappa shape index (κ3) is 2.15. The Labute approximate surface area is 98.0 Å². The maximum atomic E-state index is 9.04. The summed E-state index contributed by atoms with van der Waals surface area (Å²) >= 11 is 3.42. The SMILES string of the molecule is N#CC1(COc2ccccc2Br)CCC1. The summed E-state index contributed by atoms with van der Waals surface area (Å²) in [7, 11) is 0. The van der Waals surface area contributed by atoms with Crippen molar-refractivity contribution in [2.75, 3.05) is 6.61 Å². The summed E-state index contributed by atoms with van der Waals surface area (Å²) in [5.74, 6) is 0.819. The van der Waals surface area contributed by atoms with Gasteiger partial charge in [0.25, 0.3) is 0 Å². The Bertz CT molecular complexity index is 393. The van der Waals surface area contributed by atoms with Gasteiger partial charge in [0, 0.05) is 0 Å². The van der Waals surface area contributed by atoms with Gasteiger partial charge in [-0.05, 0) is 40.9 Å². The van der Waals surface area contributed by atoms with Crippen LogP contribution >= 0.6 is 15.9 Å². The first-order valence-electron chi connectivity index (χ1n) is 5.04. The molecule has 1 aromatic rings. The van der Waals surface area contributed by atoms with Gasteiger partial charge in [-0.15, -0.1) is 0 Å². The maximum Gasteiger partial charge on any atom is 0.133 e. The molecule has 0 N–H and O–H groups in total. The molecule has 0 bridgehead atoms. The molecule has 0 aliphatic heterocycles. The highest BCUT2D eigenvalue weighted by atomic mass is 79.9. The molecule has 0 radical (unpaired) electrons. The quantitative estimate of drug-likeness (QED) is 0.838. The molecule has 1 saturated carbocycles. The molecule has 0 amide bonds. The molecule has 1 aromatic carbocycles. The summed E-state index contributed by atoms with van der Waals surface area (Å²) in [6.07, 6.45) is 3.08. The van der Waals surface area contributed by atoms with Gasteiger partial charge in [0.05, 0.1) is 16.0 Å². The average molecular weight is 266 g/mol. The predicted octanol–water partition coefficient (Wildman–Crippen LogP) is 3.52. The number of benzene rings is 1. The summed E-state index contributed by atoms with van der Waals surface area (Å²) in [4.78, 5) is 0. The molecule has 0 saturated heterocycles. The number of para-hydroxylation sites is 1. The van der Waals surface area contributed by atoms with Crippen molar-refractivity contribution in [3.8, 4) is 11.8 Å². The highest BCUT2D eigenvalue weighted by Gasteiger charge is 2.38. The van der Waals surface area contributed by atoms with Crippen LogP contribution in [0.5, 0.6) is 5.75 Å². The molecule has 2 rings (SSSR count). The number of halogens is 1. The molecule has 0 atom stereocenters. The molecule has 2 nitrogen and oxygen atoms in total. The second kappa shape index (κ2) is 4.24. The van der Waals surface area contributed by atoms with Crippen molar-refractivity contribution >= 4 is 15.9 Å². The molecule has 1 aliphatic rings. The smallest absolute Gasteiger partial charge is 0.133 e. The van der Waals surface area contributed by atoms with Crippen molar-refractivity contribution in [1.82, 2.24) is 0 Å². The van der Waals surface area contributed by atoms with E-state index < -0.39 is 0 Å². The second-order valence-corrected chi connectivity index (χ2v) is 4.82. The first kappa shape index (κ1) is 10.5. The minimum atomic E-state index is -0.227. The fraction of sp³-hybridized carbons (Fsp3) is 0.417. The lowest BCUT2D eigenvalue weighted by Crippen LogP contribution is -2.34. The predicted molar refractivity (Wildman–Crippen MR) is 61.5 cm³/mol. The van der Waals surface area contributed by atoms with E-state index in [1.165, 1.54) is 0 Å². The van der Waals surface area contributed by atoms with E-state index in [9.17, 15) is 0 Å². The van der Waals surface area contributed by atoms with E-state index in [0.717, 1.165) is 29.5 Å². The van der Waals surface area contributed by atoms with Crippen LogP contribution in [-0.2, 0) is 0 Å². The van der Waals surface area contributed by atoms with Crippen LogP contribution in [0.4, 0.5) is 0 Å². The van der Waals surface area contributed by atoms with Gasteiger partial charge >= 0.3 is 0 Å². The number of ether oxygens (including phenoxy) is 1. The number of hydrogen-bond donors (Lipinski definition) is 0. The molecule has 0 heterocycles. The summed E-state index contributed by atoms with van der Waals surface area (Å²) in [5.41, 5.74) is -0.227. The topological polar surface area (TPSA) is 33.0 Å². The van der Waals surface area contributed by atoms with E-state index in [1.807, 2.05) is 24.3 Å². The van der Waals surface area contributed by atoms with Crippen LogP contribution in [0.3, 0.4) is 0 Å². The first-order chi connectivity index (χ1) is 7.26. The molecule has 0 unspecified atom stereocenters. The van der Waals surface area contributed by atoms with Crippen LogP contribution in [0.2, 0.25) is 0 Å². The first-order valence-corrected chi connectivity index (χ1v) is 5.84. The van der Waals surface area contributed by atoms with E-state index in [-0.39, 0.29) is 5.41 Å².